The van der Waals surface area contributed by atoms with Crippen LogP contribution in [-0.4, -0.2) is 20.4 Å². The second-order valence-electron chi connectivity index (χ2n) is 6.09. The third-order valence-electron chi connectivity index (χ3n) is 3.90. The van der Waals surface area contributed by atoms with Crippen molar-refractivity contribution in [3.8, 4) is 0 Å². The Morgan fingerprint density at radius 3 is 2.25 bits per heavy atom. The Bertz CT molecular complexity index is 824. The van der Waals surface area contributed by atoms with E-state index >= 15 is 0 Å². The number of sulfonamides is 1. The third-order valence-corrected chi connectivity index (χ3v) is 5.44. The van der Waals surface area contributed by atoms with E-state index in [0.29, 0.717) is 12.1 Å². The number of hydrogen-bond donors (Lipinski definition) is 2. The molecule has 24 heavy (non-hydrogen) atoms. The molecule has 2 aromatic carbocycles. The Kier molecular flexibility index (Phi) is 4.69. The molecule has 0 saturated heterocycles. The van der Waals surface area contributed by atoms with Gasteiger partial charge < -0.3 is 5.32 Å². The monoisotopic (exact) mass is 344 g/mol. The molecule has 1 amide bonds. The summed E-state index contributed by atoms with van der Waals surface area (Å²) < 4.78 is 26.8. The van der Waals surface area contributed by atoms with Crippen molar-refractivity contribution in [1.82, 2.24) is 10.0 Å². The summed E-state index contributed by atoms with van der Waals surface area (Å²) in [5.41, 5.74) is 2.62. The average Bonchev–Trinajstić information content (AvgIpc) is 3.37. The highest BCUT2D eigenvalue weighted by Crippen LogP contribution is 2.22. The van der Waals surface area contributed by atoms with E-state index in [1.54, 1.807) is 0 Å². The summed E-state index contributed by atoms with van der Waals surface area (Å²) in [5.74, 6) is -0.227. The standard InChI is InChI=1S/C18H20N2O3S/c1-13-2-4-14(5-3-13)12-19-18(21)15-6-10-17(11-7-15)24(22,23)20-16-8-9-16/h2-7,10-11,16,20H,8-9,12H2,1H3,(H,19,21). The fourth-order valence-electron chi connectivity index (χ4n) is 2.26. The van der Waals surface area contributed by atoms with Gasteiger partial charge in [-0.2, -0.15) is 0 Å². The zero-order valence-corrected chi connectivity index (χ0v) is 14.3. The van der Waals surface area contributed by atoms with E-state index in [2.05, 4.69) is 10.0 Å². The lowest BCUT2D eigenvalue weighted by Gasteiger charge is -2.08. The summed E-state index contributed by atoms with van der Waals surface area (Å²) in [6.45, 7) is 2.44. The molecule has 1 aliphatic carbocycles. The van der Waals surface area contributed by atoms with Crippen LogP contribution >= 0.6 is 0 Å². The number of amides is 1. The molecule has 2 N–H and O–H groups in total. The Morgan fingerprint density at radius 1 is 1.04 bits per heavy atom. The fourth-order valence-corrected chi connectivity index (χ4v) is 3.57. The zero-order valence-electron chi connectivity index (χ0n) is 13.5. The van der Waals surface area contributed by atoms with Crippen molar-refractivity contribution in [2.24, 2.45) is 0 Å². The first-order valence-electron chi connectivity index (χ1n) is 7.90. The van der Waals surface area contributed by atoms with Gasteiger partial charge in [0.15, 0.2) is 0 Å². The number of nitrogens with one attached hydrogen (secondary N) is 2. The number of benzene rings is 2. The normalized spacial score (nSPS) is 14.4. The Labute approximate surface area is 142 Å². The summed E-state index contributed by atoms with van der Waals surface area (Å²) in [7, 11) is -3.48. The molecule has 6 heteroatoms. The largest absolute Gasteiger partial charge is 0.348 e. The molecular weight excluding hydrogens is 324 g/mol. The maximum atomic E-state index is 12.2. The summed E-state index contributed by atoms with van der Waals surface area (Å²) in [5, 5.41) is 2.83. The van der Waals surface area contributed by atoms with E-state index in [0.717, 1.165) is 18.4 Å². The van der Waals surface area contributed by atoms with Crippen molar-refractivity contribution in [2.75, 3.05) is 0 Å². The fraction of sp³-hybridized carbons (Fsp3) is 0.278. The molecule has 0 aliphatic heterocycles. The smallest absolute Gasteiger partial charge is 0.251 e. The number of carbonyl (C=O) groups is 1. The lowest BCUT2D eigenvalue weighted by atomic mass is 10.1. The summed E-state index contributed by atoms with van der Waals surface area (Å²) in [6, 6.07) is 14.0. The second-order valence-corrected chi connectivity index (χ2v) is 7.80. The van der Waals surface area contributed by atoms with Crippen LogP contribution in [0, 0.1) is 6.92 Å². The van der Waals surface area contributed by atoms with Crippen molar-refractivity contribution in [1.29, 1.82) is 0 Å². The lowest BCUT2D eigenvalue weighted by molar-refractivity contribution is 0.0951. The number of rotatable bonds is 6. The molecule has 5 nitrogen and oxygen atoms in total. The predicted molar refractivity (Wildman–Crippen MR) is 92.1 cm³/mol. The predicted octanol–water partition coefficient (Wildman–Crippen LogP) is 2.37. The Hall–Kier alpha value is -2.18. The molecule has 1 aliphatic rings. The maximum Gasteiger partial charge on any atom is 0.251 e. The van der Waals surface area contributed by atoms with E-state index in [1.165, 1.54) is 29.8 Å². The molecule has 0 aromatic heterocycles. The van der Waals surface area contributed by atoms with Gasteiger partial charge in [-0.1, -0.05) is 29.8 Å². The van der Waals surface area contributed by atoms with Gasteiger partial charge in [0.05, 0.1) is 4.90 Å². The molecule has 1 saturated carbocycles. The SMILES string of the molecule is Cc1ccc(CNC(=O)c2ccc(S(=O)(=O)NC3CC3)cc2)cc1. The minimum atomic E-state index is -3.48. The molecule has 0 atom stereocenters. The molecule has 126 valence electrons. The first kappa shape index (κ1) is 16.7. The molecule has 3 rings (SSSR count). The summed E-state index contributed by atoms with van der Waals surface area (Å²) in [4.78, 5) is 12.3. The first-order chi connectivity index (χ1) is 11.4. The van der Waals surface area contributed by atoms with Crippen LogP contribution in [0.5, 0.6) is 0 Å². The molecule has 1 fully saturated rings. The molecule has 0 unspecified atom stereocenters. The number of aryl methyl sites for hydroxylation is 1. The van der Waals surface area contributed by atoms with Gasteiger partial charge in [0.25, 0.3) is 5.91 Å². The topological polar surface area (TPSA) is 75.3 Å². The van der Waals surface area contributed by atoms with Crippen LogP contribution in [0.2, 0.25) is 0 Å². The van der Waals surface area contributed by atoms with Crippen LogP contribution in [0.25, 0.3) is 0 Å². The van der Waals surface area contributed by atoms with Gasteiger partial charge in [-0.25, -0.2) is 13.1 Å². The van der Waals surface area contributed by atoms with Crippen LogP contribution in [-0.2, 0) is 16.6 Å². The van der Waals surface area contributed by atoms with Crippen molar-refractivity contribution in [3.63, 3.8) is 0 Å². The molecule has 2 aromatic rings. The summed E-state index contributed by atoms with van der Waals surface area (Å²) in [6.07, 6.45) is 1.78. The molecule has 0 bridgehead atoms. The molecular formula is C18H20N2O3S. The minimum absolute atomic E-state index is 0.0625. The van der Waals surface area contributed by atoms with Gasteiger partial charge in [0.1, 0.15) is 0 Å². The van der Waals surface area contributed by atoms with Gasteiger partial charge in [-0.05, 0) is 49.6 Å². The molecule has 0 heterocycles. The van der Waals surface area contributed by atoms with Crippen molar-refractivity contribution >= 4 is 15.9 Å². The van der Waals surface area contributed by atoms with Gasteiger partial charge in [0.2, 0.25) is 10.0 Å². The van der Waals surface area contributed by atoms with E-state index in [4.69, 9.17) is 0 Å². The van der Waals surface area contributed by atoms with E-state index in [1.807, 2.05) is 31.2 Å². The summed E-state index contributed by atoms with van der Waals surface area (Å²) >= 11 is 0. The Balaban J connectivity index is 1.62. The van der Waals surface area contributed by atoms with Crippen LogP contribution in [0.15, 0.2) is 53.4 Å². The van der Waals surface area contributed by atoms with E-state index < -0.39 is 10.0 Å². The van der Waals surface area contributed by atoms with Crippen LogP contribution in [0.4, 0.5) is 0 Å². The van der Waals surface area contributed by atoms with E-state index in [-0.39, 0.29) is 16.8 Å². The van der Waals surface area contributed by atoms with Crippen LogP contribution in [0.1, 0.15) is 34.3 Å². The zero-order chi connectivity index (χ0) is 17.2. The number of carbonyl (C=O) groups excluding carboxylic acids is 1. The van der Waals surface area contributed by atoms with Crippen LogP contribution < -0.4 is 10.0 Å². The van der Waals surface area contributed by atoms with Crippen molar-refractivity contribution in [3.05, 3.63) is 65.2 Å². The van der Waals surface area contributed by atoms with E-state index in [9.17, 15) is 13.2 Å². The van der Waals surface area contributed by atoms with Gasteiger partial charge in [0, 0.05) is 18.2 Å². The third kappa shape index (κ3) is 4.21. The van der Waals surface area contributed by atoms with Crippen molar-refractivity contribution < 1.29 is 13.2 Å². The number of hydrogen-bond acceptors (Lipinski definition) is 3. The highest BCUT2D eigenvalue weighted by atomic mass is 32.2. The molecule has 0 spiro atoms. The van der Waals surface area contributed by atoms with Gasteiger partial charge >= 0.3 is 0 Å². The second kappa shape index (κ2) is 6.75. The molecule has 0 radical (unpaired) electrons. The minimum Gasteiger partial charge on any atom is -0.348 e. The highest BCUT2D eigenvalue weighted by molar-refractivity contribution is 7.89. The first-order valence-corrected chi connectivity index (χ1v) is 9.38. The van der Waals surface area contributed by atoms with Crippen molar-refractivity contribution in [2.45, 2.75) is 37.2 Å². The lowest BCUT2D eigenvalue weighted by Crippen LogP contribution is -2.26. The highest BCUT2D eigenvalue weighted by Gasteiger charge is 2.27. The Morgan fingerprint density at radius 2 is 1.67 bits per heavy atom. The average molecular weight is 344 g/mol. The quantitative estimate of drug-likeness (QED) is 0.845. The van der Waals surface area contributed by atoms with Gasteiger partial charge in [-0.15, -0.1) is 0 Å². The van der Waals surface area contributed by atoms with Gasteiger partial charge in [-0.3, -0.25) is 4.79 Å². The van der Waals surface area contributed by atoms with Crippen LogP contribution in [0.3, 0.4) is 0 Å². The maximum absolute atomic E-state index is 12.2.